The molecule has 7 heteroatoms. The van der Waals surface area contributed by atoms with Crippen molar-refractivity contribution in [1.82, 2.24) is 14.8 Å². The lowest BCUT2D eigenvalue weighted by Gasteiger charge is -2.40. The van der Waals surface area contributed by atoms with Gasteiger partial charge in [0.15, 0.2) is 0 Å². The minimum absolute atomic E-state index is 0.0473. The Bertz CT molecular complexity index is 963. The highest BCUT2D eigenvalue weighted by molar-refractivity contribution is 5.88. The highest BCUT2D eigenvalue weighted by atomic mass is 16.5. The Kier molecular flexibility index (Phi) is 5.26. The number of hydrogen-bond donors (Lipinski definition) is 1. The van der Waals surface area contributed by atoms with Gasteiger partial charge in [0.25, 0.3) is 0 Å². The van der Waals surface area contributed by atoms with Gasteiger partial charge in [-0.2, -0.15) is 0 Å². The highest BCUT2D eigenvalue weighted by Crippen LogP contribution is 2.33. The van der Waals surface area contributed by atoms with E-state index in [1.807, 2.05) is 34.1 Å². The Morgan fingerprint density at radius 2 is 1.94 bits per heavy atom. The number of hydrogen-bond acceptors (Lipinski definition) is 5. The van der Waals surface area contributed by atoms with Crippen LogP contribution in [0, 0.1) is 0 Å². The van der Waals surface area contributed by atoms with E-state index in [2.05, 4.69) is 22.4 Å². The van der Waals surface area contributed by atoms with E-state index >= 15 is 0 Å². The molecule has 7 nitrogen and oxygen atoms in total. The van der Waals surface area contributed by atoms with E-state index in [0.717, 1.165) is 37.1 Å². The molecule has 1 N–H and O–H groups in total. The van der Waals surface area contributed by atoms with Crippen LogP contribution < -0.4 is 10.1 Å². The monoisotopic (exact) mass is 420 g/mol. The molecule has 2 aromatic rings. The smallest absolute Gasteiger partial charge is 0.245 e. The number of anilines is 1. The highest BCUT2D eigenvalue weighted by Gasteiger charge is 2.38. The van der Waals surface area contributed by atoms with E-state index in [4.69, 9.17) is 4.74 Å². The van der Waals surface area contributed by atoms with Gasteiger partial charge in [-0.15, -0.1) is 0 Å². The maximum Gasteiger partial charge on any atom is 0.245 e. The normalized spacial score (nSPS) is 23.0. The fourth-order valence-electron chi connectivity index (χ4n) is 4.85. The number of carbonyl (C=O) groups is 2. The van der Waals surface area contributed by atoms with E-state index in [0.29, 0.717) is 25.5 Å². The summed E-state index contributed by atoms with van der Waals surface area (Å²) in [7, 11) is 0. The number of benzene rings is 1. The molecule has 162 valence electrons. The Morgan fingerprint density at radius 3 is 2.74 bits per heavy atom. The quantitative estimate of drug-likeness (QED) is 0.822. The molecule has 0 aliphatic carbocycles. The predicted molar refractivity (Wildman–Crippen MR) is 117 cm³/mol. The maximum absolute atomic E-state index is 12.9. The van der Waals surface area contributed by atoms with Gasteiger partial charge in [-0.05, 0) is 30.5 Å². The first-order valence-electron chi connectivity index (χ1n) is 11.1. The van der Waals surface area contributed by atoms with Crippen LogP contribution in [0.25, 0.3) is 0 Å². The third-order valence-corrected chi connectivity index (χ3v) is 6.61. The van der Waals surface area contributed by atoms with Crippen molar-refractivity contribution in [2.45, 2.75) is 44.2 Å². The molecule has 3 aliphatic rings. The average Bonchev–Trinajstić information content (AvgIpc) is 3.20. The van der Waals surface area contributed by atoms with Crippen molar-refractivity contribution < 1.29 is 14.3 Å². The van der Waals surface area contributed by atoms with E-state index in [1.54, 1.807) is 13.1 Å². The summed E-state index contributed by atoms with van der Waals surface area (Å²) in [6, 6.07) is 11.9. The van der Waals surface area contributed by atoms with Gasteiger partial charge in [0.1, 0.15) is 12.1 Å². The molecule has 5 rings (SSSR count). The van der Waals surface area contributed by atoms with Crippen molar-refractivity contribution in [1.29, 1.82) is 0 Å². The summed E-state index contributed by atoms with van der Waals surface area (Å²) in [4.78, 5) is 32.9. The minimum Gasteiger partial charge on any atom is -0.470 e. The summed E-state index contributed by atoms with van der Waals surface area (Å²) in [6.45, 7) is 4.31. The van der Waals surface area contributed by atoms with Crippen molar-refractivity contribution in [2.24, 2.45) is 0 Å². The summed E-state index contributed by atoms with van der Waals surface area (Å²) in [5.74, 6) is 1.12. The summed E-state index contributed by atoms with van der Waals surface area (Å²) >= 11 is 0. The second-order valence-electron chi connectivity index (χ2n) is 8.74. The van der Waals surface area contributed by atoms with Crippen LogP contribution >= 0.6 is 0 Å². The molecule has 3 aliphatic heterocycles. The Labute approximate surface area is 182 Å². The molecule has 0 saturated carbocycles. The fraction of sp³-hybridized carbons (Fsp3) is 0.458. The van der Waals surface area contributed by atoms with Crippen molar-refractivity contribution >= 4 is 17.5 Å². The molecule has 0 bridgehead atoms. The summed E-state index contributed by atoms with van der Waals surface area (Å²) < 4.78 is 6.21. The molecule has 2 amide bonds. The van der Waals surface area contributed by atoms with Crippen LogP contribution in [-0.4, -0.2) is 64.9 Å². The largest absolute Gasteiger partial charge is 0.470 e. The average molecular weight is 421 g/mol. The lowest BCUT2D eigenvalue weighted by atomic mass is 9.91. The first-order valence-corrected chi connectivity index (χ1v) is 11.1. The number of ether oxygens (including phenoxy) is 1. The van der Waals surface area contributed by atoms with Crippen LogP contribution in [0.2, 0.25) is 0 Å². The number of aromatic nitrogens is 1. The molecule has 0 spiro atoms. The van der Waals surface area contributed by atoms with Crippen molar-refractivity contribution in [3.8, 4) is 5.88 Å². The van der Waals surface area contributed by atoms with Crippen LogP contribution in [0.15, 0.2) is 42.6 Å². The number of rotatable bonds is 4. The van der Waals surface area contributed by atoms with Crippen LogP contribution in [0.1, 0.15) is 36.8 Å². The Balaban J connectivity index is 1.18. The molecule has 1 aromatic carbocycles. The van der Waals surface area contributed by atoms with Gasteiger partial charge in [-0.1, -0.05) is 24.3 Å². The van der Waals surface area contributed by atoms with Gasteiger partial charge in [0.05, 0.1) is 13.1 Å². The molecule has 2 saturated heterocycles. The minimum atomic E-state index is -0.191. The van der Waals surface area contributed by atoms with Gasteiger partial charge < -0.3 is 19.9 Å². The molecule has 2 fully saturated rings. The second-order valence-corrected chi connectivity index (χ2v) is 8.74. The number of piperidine rings is 1. The summed E-state index contributed by atoms with van der Waals surface area (Å²) in [5.41, 5.74) is 3.31. The topological polar surface area (TPSA) is 74.8 Å². The number of para-hydroxylation sites is 1. The number of likely N-dealkylation sites (tertiary alicyclic amines) is 2. The first kappa shape index (κ1) is 19.8. The van der Waals surface area contributed by atoms with Gasteiger partial charge >= 0.3 is 0 Å². The van der Waals surface area contributed by atoms with Gasteiger partial charge in [0, 0.05) is 49.8 Å². The van der Waals surface area contributed by atoms with Crippen molar-refractivity contribution in [2.75, 3.05) is 31.5 Å². The van der Waals surface area contributed by atoms with E-state index in [1.165, 1.54) is 5.56 Å². The SMILES string of the molecule is CC(=O)N1CCCC(c2cccnc2OC2CN(C(=O)C3Cc4ccccc4N3)C2)C1. The van der Waals surface area contributed by atoms with Gasteiger partial charge in [-0.3, -0.25) is 9.59 Å². The first-order chi connectivity index (χ1) is 15.1. The molecular formula is C24H28N4O3. The van der Waals surface area contributed by atoms with E-state index in [-0.39, 0.29) is 29.9 Å². The summed E-state index contributed by atoms with van der Waals surface area (Å²) in [5, 5.41) is 3.34. The molecule has 1 aromatic heterocycles. The number of nitrogens with zero attached hydrogens (tertiary/aromatic N) is 3. The second kappa shape index (κ2) is 8.21. The van der Waals surface area contributed by atoms with Gasteiger partial charge in [-0.25, -0.2) is 4.98 Å². The third-order valence-electron chi connectivity index (χ3n) is 6.61. The molecule has 0 radical (unpaired) electrons. The Hall–Kier alpha value is -3.09. The number of pyridine rings is 1. The number of carbonyl (C=O) groups excluding carboxylic acids is 2. The number of fused-ring (bicyclic) bond motifs is 1. The van der Waals surface area contributed by atoms with Crippen molar-refractivity contribution in [3.63, 3.8) is 0 Å². The van der Waals surface area contributed by atoms with Gasteiger partial charge in [0.2, 0.25) is 17.7 Å². The fourth-order valence-corrected chi connectivity index (χ4v) is 4.85. The predicted octanol–water partition coefficient (Wildman–Crippen LogP) is 2.43. The lowest BCUT2D eigenvalue weighted by molar-refractivity contribution is -0.140. The van der Waals surface area contributed by atoms with Crippen LogP contribution in [-0.2, 0) is 16.0 Å². The van der Waals surface area contributed by atoms with Crippen molar-refractivity contribution in [3.05, 3.63) is 53.7 Å². The zero-order valence-corrected chi connectivity index (χ0v) is 17.8. The molecule has 2 atom stereocenters. The molecule has 2 unspecified atom stereocenters. The van der Waals surface area contributed by atoms with Crippen LogP contribution in [0.4, 0.5) is 5.69 Å². The van der Waals surface area contributed by atoms with Crippen LogP contribution in [0.3, 0.4) is 0 Å². The lowest BCUT2D eigenvalue weighted by Crippen LogP contribution is -2.59. The molecular weight excluding hydrogens is 392 g/mol. The molecule has 4 heterocycles. The zero-order chi connectivity index (χ0) is 21.4. The number of amides is 2. The Morgan fingerprint density at radius 1 is 1.10 bits per heavy atom. The number of nitrogens with one attached hydrogen (secondary N) is 1. The standard InChI is InChI=1S/C24H28N4O3/c1-16(29)27-11-5-7-18(13-27)20-8-4-10-25-23(20)31-19-14-28(15-19)24(30)22-12-17-6-2-3-9-21(17)26-22/h2-4,6,8-10,18-19,22,26H,5,7,11-15H2,1H3. The van der Waals surface area contributed by atoms with E-state index in [9.17, 15) is 9.59 Å². The maximum atomic E-state index is 12.9. The zero-order valence-electron chi connectivity index (χ0n) is 17.8. The summed E-state index contributed by atoms with van der Waals surface area (Å²) in [6.07, 6.45) is 4.44. The van der Waals surface area contributed by atoms with Crippen LogP contribution in [0.5, 0.6) is 5.88 Å². The third kappa shape index (κ3) is 3.96. The molecule has 31 heavy (non-hydrogen) atoms. The van der Waals surface area contributed by atoms with E-state index < -0.39 is 0 Å².